The van der Waals surface area contributed by atoms with E-state index in [1.807, 2.05) is 23.0 Å². The Balaban J connectivity index is 1.82. The van der Waals surface area contributed by atoms with E-state index < -0.39 is 0 Å². The van der Waals surface area contributed by atoms with E-state index in [9.17, 15) is 4.79 Å². The number of carbonyl (C=O) groups excluding carboxylic acids is 1. The molecule has 1 aromatic heterocycles. The van der Waals surface area contributed by atoms with Crippen LogP contribution in [0.4, 0.5) is 0 Å². The topological polar surface area (TPSA) is 56.1 Å². The number of ether oxygens (including phenoxy) is 1. The molecule has 5 heteroatoms. The number of aromatic nitrogens is 2. The molecule has 0 spiro atoms. The van der Waals surface area contributed by atoms with Crippen molar-refractivity contribution in [3.63, 3.8) is 0 Å². The van der Waals surface area contributed by atoms with E-state index >= 15 is 0 Å². The normalized spacial score (nSPS) is 13.8. The van der Waals surface area contributed by atoms with Crippen LogP contribution in [0.5, 0.6) is 0 Å². The van der Waals surface area contributed by atoms with Gasteiger partial charge in [0.25, 0.3) is 0 Å². The summed E-state index contributed by atoms with van der Waals surface area (Å²) in [5, 5.41) is 8.90. The molecule has 23 heavy (non-hydrogen) atoms. The van der Waals surface area contributed by atoms with E-state index in [1.165, 1.54) is 18.2 Å². The number of rotatable bonds is 2. The number of carbonyl (C=O) groups is 1. The fourth-order valence-electron chi connectivity index (χ4n) is 3.06. The molecule has 0 radical (unpaired) electrons. The van der Waals surface area contributed by atoms with E-state index in [0.717, 1.165) is 30.6 Å². The molecule has 1 aliphatic heterocycles. The van der Waals surface area contributed by atoms with Crippen molar-refractivity contribution in [2.45, 2.75) is 13.0 Å². The highest BCUT2D eigenvalue weighted by atomic mass is 16.5. The molecule has 2 aromatic carbocycles. The molecule has 5 nitrogen and oxygen atoms in total. The molecule has 0 unspecified atom stereocenters. The molecule has 116 valence electrons. The van der Waals surface area contributed by atoms with Crippen LogP contribution in [-0.4, -0.2) is 29.4 Å². The zero-order valence-corrected chi connectivity index (χ0v) is 12.9. The van der Waals surface area contributed by atoms with E-state index in [0.29, 0.717) is 11.1 Å². The molecule has 0 aliphatic carbocycles. The summed E-state index contributed by atoms with van der Waals surface area (Å²) in [5.41, 5.74) is 4.86. The first-order valence-electron chi connectivity index (χ1n) is 7.66. The van der Waals surface area contributed by atoms with Gasteiger partial charge >= 0.3 is 5.97 Å². The Morgan fingerprint density at radius 1 is 1.26 bits per heavy atom. The van der Waals surface area contributed by atoms with E-state index in [2.05, 4.69) is 28.6 Å². The summed E-state index contributed by atoms with van der Waals surface area (Å²) in [7, 11) is 1.38. The van der Waals surface area contributed by atoms with Gasteiger partial charge in [-0.1, -0.05) is 18.2 Å². The summed E-state index contributed by atoms with van der Waals surface area (Å²) >= 11 is 0. The molecule has 3 aromatic rings. The minimum absolute atomic E-state index is 0.364. The lowest BCUT2D eigenvalue weighted by Gasteiger charge is -2.17. The Morgan fingerprint density at radius 3 is 3.04 bits per heavy atom. The van der Waals surface area contributed by atoms with Crippen molar-refractivity contribution < 1.29 is 9.53 Å². The third-order valence-corrected chi connectivity index (χ3v) is 4.28. The maximum Gasteiger partial charge on any atom is 0.340 e. The second kappa shape index (κ2) is 5.52. The smallest absolute Gasteiger partial charge is 0.340 e. The van der Waals surface area contributed by atoms with Gasteiger partial charge in [0.15, 0.2) is 0 Å². The number of hydrogen-bond donors (Lipinski definition) is 1. The van der Waals surface area contributed by atoms with Gasteiger partial charge in [0.05, 0.1) is 18.4 Å². The fourth-order valence-corrected chi connectivity index (χ4v) is 3.06. The number of nitrogens with one attached hydrogen (secondary N) is 1. The summed E-state index contributed by atoms with van der Waals surface area (Å²) in [4.78, 5) is 11.9. The first-order valence-corrected chi connectivity index (χ1v) is 7.66. The minimum atomic E-state index is -0.364. The highest BCUT2D eigenvalue weighted by molar-refractivity contribution is 6.02. The lowest BCUT2D eigenvalue weighted by molar-refractivity contribution is 0.0602. The number of hydrogen-bond acceptors (Lipinski definition) is 4. The predicted molar refractivity (Wildman–Crippen MR) is 87.8 cm³/mol. The Hall–Kier alpha value is -2.66. The number of methoxy groups -OCH3 is 1. The van der Waals surface area contributed by atoms with Crippen LogP contribution in [-0.2, 0) is 17.7 Å². The Morgan fingerprint density at radius 2 is 2.17 bits per heavy atom. The molecule has 0 saturated heterocycles. The van der Waals surface area contributed by atoms with Crippen LogP contribution >= 0.6 is 0 Å². The van der Waals surface area contributed by atoms with Crippen molar-refractivity contribution in [1.29, 1.82) is 0 Å². The second-order valence-corrected chi connectivity index (χ2v) is 5.69. The summed E-state index contributed by atoms with van der Waals surface area (Å²) in [6.07, 6.45) is 2.97. The highest BCUT2D eigenvalue weighted by Gasteiger charge is 2.15. The predicted octanol–water partition coefficient (Wildman–Crippen LogP) is 2.46. The van der Waals surface area contributed by atoms with Gasteiger partial charge in [-0.25, -0.2) is 9.48 Å². The molecule has 2 heterocycles. The largest absolute Gasteiger partial charge is 0.465 e. The van der Waals surface area contributed by atoms with Crippen LogP contribution in [0, 0.1) is 0 Å². The first kappa shape index (κ1) is 14.0. The summed E-state index contributed by atoms with van der Waals surface area (Å²) in [5.74, 6) is -0.364. The Bertz CT molecular complexity index is 898. The molecule has 0 atom stereocenters. The van der Waals surface area contributed by atoms with E-state index in [1.54, 1.807) is 6.07 Å². The quantitative estimate of drug-likeness (QED) is 0.739. The van der Waals surface area contributed by atoms with Gasteiger partial charge in [-0.3, -0.25) is 0 Å². The van der Waals surface area contributed by atoms with Crippen molar-refractivity contribution in [3.05, 3.63) is 59.3 Å². The Labute approximate surface area is 133 Å². The van der Waals surface area contributed by atoms with Crippen molar-refractivity contribution in [3.8, 4) is 5.69 Å². The van der Waals surface area contributed by atoms with Gasteiger partial charge in [-0.05, 0) is 42.3 Å². The van der Waals surface area contributed by atoms with E-state index in [-0.39, 0.29) is 5.97 Å². The van der Waals surface area contributed by atoms with E-state index in [4.69, 9.17) is 4.74 Å². The van der Waals surface area contributed by atoms with Crippen LogP contribution in [0.15, 0.2) is 42.6 Å². The van der Waals surface area contributed by atoms with Gasteiger partial charge in [-0.2, -0.15) is 5.10 Å². The zero-order valence-electron chi connectivity index (χ0n) is 12.9. The van der Waals surface area contributed by atoms with Gasteiger partial charge in [0, 0.05) is 18.1 Å². The standard InChI is InChI=1S/C18H17N3O2/c1-23-18(22)16-4-2-3-14-11-21(20-17(14)16)15-6-5-13-10-19-8-7-12(13)9-15/h2-6,9,11,19H,7-8,10H2,1H3. The number of benzene rings is 2. The molecular formula is C18H17N3O2. The highest BCUT2D eigenvalue weighted by Crippen LogP contribution is 2.22. The molecule has 4 rings (SSSR count). The molecule has 1 N–H and O–H groups in total. The number of fused-ring (bicyclic) bond motifs is 2. The molecule has 0 bridgehead atoms. The van der Waals surface area contributed by atoms with Crippen molar-refractivity contribution in [2.75, 3.05) is 13.7 Å². The fraction of sp³-hybridized carbons (Fsp3) is 0.222. The lowest BCUT2D eigenvalue weighted by Crippen LogP contribution is -2.23. The van der Waals surface area contributed by atoms with Crippen LogP contribution in [0.25, 0.3) is 16.6 Å². The molecular weight excluding hydrogens is 290 g/mol. The molecule has 0 amide bonds. The Kier molecular flexibility index (Phi) is 3.35. The lowest BCUT2D eigenvalue weighted by atomic mass is 10.0. The summed E-state index contributed by atoms with van der Waals surface area (Å²) in [6, 6.07) is 11.9. The van der Waals surface area contributed by atoms with Crippen LogP contribution in [0.2, 0.25) is 0 Å². The monoisotopic (exact) mass is 307 g/mol. The van der Waals surface area contributed by atoms with Crippen LogP contribution in [0.1, 0.15) is 21.5 Å². The maximum atomic E-state index is 11.9. The first-order chi connectivity index (χ1) is 11.3. The van der Waals surface area contributed by atoms with Crippen LogP contribution in [0.3, 0.4) is 0 Å². The summed E-state index contributed by atoms with van der Waals surface area (Å²) in [6.45, 7) is 1.92. The minimum Gasteiger partial charge on any atom is -0.465 e. The SMILES string of the molecule is COC(=O)c1cccc2cn(-c3ccc4c(c3)CCNC4)nc12. The number of esters is 1. The third kappa shape index (κ3) is 2.39. The van der Waals surface area contributed by atoms with Gasteiger partial charge < -0.3 is 10.1 Å². The van der Waals surface area contributed by atoms with Crippen LogP contribution < -0.4 is 5.32 Å². The summed E-state index contributed by atoms with van der Waals surface area (Å²) < 4.78 is 6.67. The van der Waals surface area contributed by atoms with Crippen molar-refractivity contribution in [1.82, 2.24) is 15.1 Å². The van der Waals surface area contributed by atoms with Gasteiger partial charge in [0.2, 0.25) is 0 Å². The average molecular weight is 307 g/mol. The third-order valence-electron chi connectivity index (χ3n) is 4.28. The maximum absolute atomic E-state index is 11.9. The second-order valence-electron chi connectivity index (χ2n) is 5.69. The zero-order chi connectivity index (χ0) is 15.8. The molecule has 0 saturated carbocycles. The average Bonchev–Trinajstić information content (AvgIpc) is 3.04. The van der Waals surface area contributed by atoms with Gasteiger partial charge in [-0.15, -0.1) is 0 Å². The molecule has 1 aliphatic rings. The number of nitrogens with zero attached hydrogens (tertiary/aromatic N) is 2. The van der Waals surface area contributed by atoms with Gasteiger partial charge in [0.1, 0.15) is 5.52 Å². The molecule has 0 fully saturated rings. The van der Waals surface area contributed by atoms with Crippen molar-refractivity contribution >= 4 is 16.9 Å². The van der Waals surface area contributed by atoms with Crippen molar-refractivity contribution in [2.24, 2.45) is 0 Å².